The Labute approximate surface area is 267 Å². The van der Waals surface area contributed by atoms with Gasteiger partial charge in [-0.15, -0.1) is 0 Å². The normalized spacial score (nSPS) is 50.1. The summed E-state index contributed by atoms with van der Waals surface area (Å²) in [5.74, 6) is -2.56. The van der Waals surface area contributed by atoms with Gasteiger partial charge in [-0.05, 0) is 63.2 Å². The fourth-order valence-corrected chi connectivity index (χ4v) is 12.5. The van der Waals surface area contributed by atoms with Crippen LogP contribution in [0.2, 0.25) is 0 Å². The maximum absolute atomic E-state index is 14.6. The van der Waals surface area contributed by atoms with Crippen molar-refractivity contribution in [2.45, 2.75) is 131 Å². The van der Waals surface area contributed by atoms with Crippen molar-refractivity contribution in [3.63, 3.8) is 0 Å². The summed E-state index contributed by atoms with van der Waals surface area (Å²) >= 11 is 0. The third-order valence-electron chi connectivity index (χ3n) is 15.0. The van der Waals surface area contributed by atoms with E-state index in [1.54, 1.807) is 0 Å². The molecule has 6 rings (SSSR count). The molecule has 0 aromatic rings. The number of carbonyl (C=O) groups is 4. The molecule has 0 radical (unpaired) electrons. The topological polar surface area (TPSA) is 125 Å². The van der Waals surface area contributed by atoms with E-state index in [2.05, 4.69) is 41.5 Å². The van der Waals surface area contributed by atoms with Gasteiger partial charge in [0.1, 0.15) is 18.3 Å². The Hall–Kier alpha value is -2.00. The molecule has 6 aliphatic rings. The first kappa shape index (κ1) is 32.9. The fraction of sp³-hybridized carbons (Fsp3) is 0.889. The van der Waals surface area contributed by atoms with Gasteiger partial charge in [0, 0.05) is 52.9 Å². The van der Waals surface area contributed by atoms with Crippen molar-refractivity contribution in [3.8, 4) is 0 Å². The maximum Gasteiger partial charge on any atom is 0.317 e. The van der Waals surface area contributed by atoms with Crippen molar-refractivity contribution >= 4 is 23.7 Å². The molecule has 9 heteroatoms. The van der Waals surface area contributed by atoms with Crippen LogP contribution in [0.5, 0.6) is 0 Å². The second kappa shape index (κ2) is 10.5. The van der Waals surface area contributed by atoms with E-state index in [-0.39, 0.29) is 58.4 Å². The zero-order valence-corrected chi connectivity index (χ0v) is 28.5. The lowest BCUT2D eigenvalue weighted by Crippen LogP contribution is -2.73. The van der Waals surface area contributed by atoms with E-state index in [9.17, 15) is 19.2 Å². The molecule has 6 fully saturated rings. The summed E-state index contributed by atoms with van der Waals surface area (Å²) in [6.07, 6.45) is 4.79. The van der Waals surface area contributed by atoms with E-state index >= 15 is 0 Å². The van der Waals surface area contributed by atoms with Gasteiger partial charge in [-0.25, -0.2) is 0 Å². The van der Waals surface area contributed by atoms with Crippen molar-refractivity contribution < 1.29 is 43.2 Å². The van der Waals surface area contributed by atoms with Crippen LogP contribution in [0.1, 0.15) is 113 Å². The van der Waals surface area contributed by atoms with Crippen LogP contribution in [0.3, 0.4) is 0 Å². The number of rotatable bonds is 5. The summed E-state index contributed by atoms with van der Waals surface area (Å²) < 4.78 is 25.8. The number of carboxylic acids is 1. The molecule has 12 atom stereocenters. The highest BCUT2D eigenvalue weighted by molar-refractivity contribution is 5.90. The highest BCUT2D eigenvalue weighted by atomic mass is 16.7. The van der Waals surface area contributed by atoms with Crippen molar-refractivity contribution in [1.29, 1.82) is 0 Å². The monoisotopic (exact) mass is 630 g/mol. The molecular formula is C36H54O9. The molecule has 2 spiro atoms. The zero-order valence-electron chi connectivity index (χ0n) is 28.5. The molecule has 1 N–H and O–H groups in total. The van der Waals surface area contributed by atoms with Gasteiger partial charge in [-0.1, -0.05) is 48.5 Å². The standard InChI is InChI=1S/C36H54O9/c1-9-42-35-15-14-34-19-43-36(22(4)21(3)30(41)45-36)18-20(2)23(34)16-26(37)33(34,8)25(35)11-10-24-31(5,6)27(12-13-32(24,35)7)44-29(40)17-28(38)39/h20-25,27H,9-19H2,1-8H3,(H,38,39). The molecule has 4 aliphatic carbocycles. The Balaban J connectivity index is 1.37. The predicted octanol–water partition coefficient (Wildman–Crippen LogP) is 5.96. The molecule has 252 valence electrons. The number of aliphatic carboxylic acids is 1. The minimum atomic E-state index is -1.18. The lowest BCUT2D eigenvalue weighted by molar-refractivity contribution is -0.307. The lowest BCUT2D eigenvalue weighted by atomic mass is 9.35. The van der Waals surface area contributed by atoms with E-state index in [0.717, 1.165) is 32.1 Å². The van der Waals surface area contributed by atoms with E-state index in [1.807, 2.05) is 13.8 Å². The molecule has 2 aliphatic heterocycles. The van der Waals surface area contributed by atoms with Crippen LogP contribution in [0, 0.1) is 57.2 Å². The Bertz CT molecular complexity index is 1280. The molecule has 4 saturated carbocycles. The largest absolute Gasteiger partial charge is 0.481 e. The molecule has 2 saturated heterocycles. The summed E-state index contributed by atoms with van der Waals surface area (Å²) in [4.78, 5) is 51.0. The molecule has 2 heterocycles. The molecule has 12 unspecified atom stereocenters. The van der Waals surface area contributed by atoms with Crippen LogP contribution in [0.25, 0.3) is 0 Å². The van der Waals surface area contributed by atoms with Crippen LogP contribution in [-0.2, 0) is 38.1 Å². The molecule has 9 nitrogen and oxygen atoms in total. The summed E-state index contributed by atoms with van der Waals surface area (Å²) in [6.45, 7) is 18.1. The summed E-state index contributed by atoms with van der Waals surface area (Å²) in [5.41, 5.74) is -2.27. The van der Waals surface area contributed by atoms with Gasteiger partial charge >= 0.3 is 17.9 Å². The SMILES string of the molecule is CCOC12CCC34COC5(CC(C)C3CC(=O)C4(C)C1CCC1C(C)(C)C(OC(=O)CC(=O)O)CCC12C)OC(=O)C(C)C5C. The smallest absolute Gasteiger partial charge is 0.317 e. The van der Waals surface area contributed by atoms with E-state index in [1.165, 1.54) is 0 Å². The number of fused-ring (bicyclic) bond motifs is 4. The van der Waals surface area contributed by atoms with Crippen LogP contribution >= 0.6 is 0 Å². The number of hydrogen-bond acceptors (Lipinski definition) is 8. The minimum absolute atomic E-state index is 0.00770. The number of ketones is 1. The number of carbonyl (C=O) groups excluding carboxylic acids is 3. The molecule has 0 aromatic heterocycles. The maximum atomic E-state index is 14.6. The first-order valence-electron chi connectivity index (χ1n) is 17.4. The Morgan fingerprint density at radius 2 is 1.67 bits per heavy atom. The molecule has 0 aromatic carbocycles. The Morgan fingerprint density at radius 1 is 0.978 bits per heavy atom. The Kier molecular flexibility index (Phi) is 7.68. The quantitative estimate of drug-likeness (QED) is 0.289. The first-order chi connectivity index (χ1) is 21.0. The molecule has 45 heavy (non-hydrogen) atoms. The number of carboxylic acid groups (broad SMARTS) is 1. The second-order valence-corrected chi connectivity index (χ2v) is 16.7. The van der Waals surface area contributed by atoms with E-state index < -0.39 is 40.6 Å². The minimum Gasteiger partial charge on any atom is -0.481 e. The van der Waals surface area contributed by atoms with Crippen molar-refractivity contribution in [2.24, 2.45) is 57.2 Å². The fourth-order valence-electron chi connectivity index (χ4n) is 12.5. The number of esters is 2. The zero-order chi connectivity index (χ0) is 33.0. The van der Waals surface area contributed by atoms with Crippen LogP contribution in [0.4, 0.5) is 0 Å². The van der Waals surface area contributed by atoms with Gasteiger partial charge in [-0.2, -0.15) is 0 Å². The lowest BCUT2D eigenvalue weighted by Gasteiger charge is -2.71. The van der Waals surface area contributed by atoms with Gasteiger partial charge in [-0.3, -0.25) is 19.2 Å². The van der Waals surface area contributed by atoms with Crippen molar-refractivity contribution in [2.75, 3.05) is 13.2 Å². The van der Waals surface area contributed by atoms with Gasteiger partial charge in [0.25, 0.3) is 0 Å². The molecule has 0 amide bonds. The molecule has 0 bridgehead atoms. The van der Waals surface area contributed by atoms with Gasteiger partial charge < -0.3 is 24.1 Å². The summed E-state index contributed by atoms with van der Waals surface area (Å²) in [6, 6.07) is 0. The number of hydrogen-bond donors (Lipinski definition) is 1. The van der Waals surface area contributed by atoms with Crippen LogP contribution < -0.4 is 0 Å². The van der Waals surface area contributed by atoms with E-state index in [4.69, 9.17) is 24.1 Å². The third kappa shape index (κ3) is 4.17. The third-order valence-corrected chi connectivity index (χ3v) is 15.0. The second-order valence-electron chi connectivity index (χ2n) is 16.7. The average Bonchev–Trinajstić information content (AvgIpc) is 3.26. The van der Waals surface area contributed by atoms with Gasteiger partial charge in [0.2, 0.25) is 5.79 Å². The highest BCUT2D eigenvalue weighted by Gasteiger charge is 2.78. The van der Waals surface area contributed by atoms with E-state index in [0.29, 0.717) is 38.3 Å². The van der Waals surface area contributed by atoms with Crippen molar-refractivity contribution in [3.05, 3.63) is 0 Å². The summed E-state index contributed by atoms with van der Waals surface area (Å²) in [5, 5.41) is 9.15. The van der Waals surface area contributed by atoms with Gasteiger partial charge in [0.15, 0.2) is 0 Å². The van der Waals surface area contributed by atoms with Gasteiger partial charge in [0.05, 0.1) is 18.1 Å². The summed E-state index contributed by atoms with van der Waals surface area (Å²) in [7, 11) is 0. The average molecular weight is 631 g/mol. The molecular weight excluding hydrogens is 576 g/mol. The van der Waals surface area contributed by atoms with Crippen LogP contribution in [-0.4, -0.2) is 59.5 Å². The highest BCUT2D eigenvalue weighted by Crippen LogP contribution is 2.77. The van der Waals surface area contributed by atoms with Crippen LogP contribution in [0.15, 0.2) is 0 Å². The first-order valence-corrected chi connectivity index (χ1v) is 17.4. The Morgan fingerprint density at radius 3 is 2.29 bits per heavy atom. The number of Topliss-reactive ketones (excluding diaryl/α,β-unsaturated/α-hetero) is 1. The number of ether oxygens (including phenoxy) is 4. The predicted molar refractivity (Wildman–Crippen MR) is 164 cm³/mol. The van der Waals surface area contributed by atoms with Crippen molar-refractivity contribution in [1.82, 2.24) is 0 Å².